The molecule has 202 valence electrons. The number of benzene rings is 3. The summed E-state index contributed by atoms with van der Waals surface area (Å²) in [6.45, 7) is 5.34. The minimum Gasteiger partial charge on any atom is -0.494 e. The van der Waals surface area contributed by atoms with E-state index in [2.05, 4.69) is 86.4 Å². The first kappa shape index (κ1) is 28.3. The lowest BCUT2D eigenvalue weighted by molar-refractivity contribution is 0.302. The van der Waals surface area contributed by atoms with E-state index in [0.717, 1.165) is 41.7 Å². The Morgan fingerprint density at radius 1 is 0.632 bits per heavy atom. The summed E-state index contributed by atoms with van der Waals surface area (Å²) in [5.41, 5.74) is 3.66. The Hall–Kier alpha value is -2.72. The summed E-state index contributed by atoms with van der Waals surface area (Å²) in [7, 11) is 0. The van der Waals surface area contributed by atoms with E-state index in [1.165, 1.54) is 99.8 Å². The average Bonchev–Trinajstić information content (AvgIpc) is 2.96. The van der Waals surface area contributed by atoms with Gasteiger partial charge in [0.1, 0.15) is 5.75 Å². The second kappa shape index (κ2) is 15.6. The molecule has 1 aliphatic rings. The highest BCUT2D eigenvalue weighted by Crippen LogP contribution is 2.37. The fourth-order valence-electron chi connectivity index (χ4n) is 5.91. The van der Waals surface area contributed by atoms with Crippen molar-refractivity contribution in [3.8, 4) is 17.6 Å². The third kappa shape index (κ3) is 8.94. The van der Waals surface area contributed by atoms with Crippen LogP contribution in [0.5, 0.6) is 5.75 Å². The van der Waals surface area contributed by atoms with Gasteiger partial charge in [0.25, 0.3) is 0 Å². The van der Waals surface area contributed by atoms with Gasteiger partial charge in [0.05, 0.1) is 6.61 Å². The highest BCUT2D eigenvalue weighted by molar-refractivity contribution is 5.85. The molecule has 3 aromatic carbocycles. The highest BCUT2D eigenvalue weighted by Gasteiger charge is 2.21. The van der Waals surface area contributed by atoms with E-state index in [4.69, 9.17) is 4.74 Å². The molecule has 1 heteroatoms. The molecule has 0 aliphatic heterocycles. The number of fused-ring (bicyclic) bond motifs is 1. The van der Waals surface area contributed by atoms with Crippen LogP contribution in [-0.2, 0) is 0 Å². The Bertz CT molecular complexity index is 1150. The molecule has 0 unspecified atom stereocenters. The summed E-state index contributed by atoms with van der Waals surface area (Å²) in [6.07, 6.45) is 19.0. The van der Waals surface area contributed by atoms with E-state index in [9.17, 15) is 0 Å². The first-order valence-electron chi connectivity index (χ1n) is 15.5. The molecule has 0 aromatic heterocycles. The molecular weight excluding hydrogens is 460 g/mol. The maximum atomic E-state index is 5.95. The van der Waals surface area contributed by atoms with Crippen LogP contribution >= 0.6 is 0 Å². The first-order valence-corrected chi connectivity index (χ1v) is 15.5. The van der Waals surface area contributed by atoms with E-state index in [-0.39, 0.29) is 0 Å². The molecule has 38 heavy (non-hydrogen) atoms. The van der Waals surface area contributed by atoms with Gasteiger partial charge in [0, 0.05) is 11.1 Å². The van der Waals surface area contributed by atoms with Gasteiger partial charge in [-0.15, -0.1) is 0 Å². The van der Waals surface area contributed by atoms with Crippen molar-refractivity contribution in [2.24, 2.45) is 5.92 Å². The predicted molar refractivity (Wildman–Crippen MR) is 164 cm³/mol. The molecule has 0 N–H and O–H groups in total. The molecule has 1 saturated carbocycles. The third-order valence-electron chi connectivity index (χ3n) is 8.37. The third-order valence-corrected chi connectivity index (χ3v) is 8.37. The second-order valence-corrected chi connectivity index (χ2v) is 11.4. The zero-order valence-corrected chi connectivity index (χ0v) is 23.9. The van der Waals surface area contributed by atoms with Gasteiger partial charge in [-0.05, 0) is 96.7 Å². The van der Waals surface area contributed by atoms with Crippen molar-refractivity contribution in [3.63, 3.8) is 0 Å². The van der Waals surface area contributed by atoms with E-state index < -0.39 is 0 Å². The predicted octanol–water partition coefficient (Wildman–Crippen LogP) is 10.8. The topological polar surface area (TPSA) is 9.23 Å². The highest BCUT2D eigenvalue weighted by atomic mass is 16.5. The van der Waals surface area contributed by atoms with Gasteiger partial charge in [-0.3, -0.25) is 0 Å². The maximum Gasteiger partial charge on any atom is 0.119 e. The summed E-state index contributed by atoms with van der Waals surface area (Å²) in [5, 5.41) is 2.42. The lowest BCUT2D eigenvalue weighted by atomic mass is 9.77. The van der Waals surface area contributed by atoms with Crippen LogP contribution in [-0.4, -0.2) is 6.61 Å². The van der Waals surface area contributed by atoms with Crippen LogP contribution in [0.4, 0.5) is 0 Å². The van der Waals surface area contributed by atoms with Gasteiger partial charge in [-0.1, -0.05) is 108 Å². The van der Waals surface area contributed by atoms with E-state index in [0.29, 0.717) is 0 Å². The Morgan fingerprint density at radius 3 is 2.03 bits per heavy atom. The fraction of sp³-hybridized carbons (Fsp3) is 0.514. The number of rotatable bonds is 13. The summed E-state index contributed by atoms with van der Waals surface area (Å²) >= 11 is 0. The van der Waals surface area contributed by atoms with E-state index in [1.54, 1.807) is 0 Å². The van der Waals surface area contributed by atoms with Crippen LogP contribution in [0.25, 0.3) is 10.8 Å². The molecule has 1 nitrogen and oxygen atoms in total. The SMILES string of the molecule is CCCCCCCC1CCC(c2ccc(C#Cc3ccc4cc(OCCCCCC)ccc4c3)cc2)CC1. The first-order chi connectivity index (χ1) is 18.7. The maximum absolute atomic E-state index is 5.95. The minimum atomic E-state index is 0.735. The van der Waals surface area contributed by atoms with E-state index in [1.807, 2.05) is 0 Å². The Balaban J connectivity index is 1.26. The van der Waals surface area contributed by atoms with Crippen molar-refractivity contribution < 1.29 is 4.74 Å². The Kier molecular flexibility index (Phi) is 11.6. The van der Waals surface area contributed by atoms with Crippen molar-refractivity contribution in [3.05, 3.63) is 77.4 Å². The van der Waals surface area contributed by atoms with Gasteiger partial charge in [0.2, 0.25) is 0 Å². The molecular formula is C37H48O. The van der Waals surface area contributed by atoms with Crippen molar-refractivity contribution in [2.75, 3.05) is 6.61 Å². The average molecular weight is 509 g/mol. The molecule has 0 bridgehead atoms. The Labute approximate surface area is 232 Å². The summed E-state index contributed by atoms with van der Waals surface area (Å²) in [6, 6.07) is 21.9. The van der Waals surface area contributed by atoms with Crippen molar-refractivity contribution in [1.29, 1.82) is 0 Å². The standard InChI is InChI=1S/C37H48O/c1-3-5-7-9-10-12-30-15-20-33(21-16-30)34-22-17-31(18-23-34)13-14-32-19-24-36-29-37(26-25-35(36)28-32)38-27-11-8-6-4-2/h17-19,22-26,28-30,33H,3-12,15-16,20-21,27H2,1-2H3. The minimum absolute atomic E-state index is 0.735. The normalized spacial score (nSPS) is 17.2. The van der Waals surface area contributed by atoms with Gasteiger partial charge in [-0.2, -0.15) is 0 Å². The number of hydrogen-bond acceptors (Lipinski definition) is 1. The molecule has 1 aliphatic carbocycles. The molecule has 3 aromatic rings. The lowest BCUT2D eigenvalue weighted by Crippen LogP contribution is -2.13. The molecule has 0 saturated heterocycles. The molecule has 0 heterocycles. The van der Waals surface area contributed by atoms with Crippen LogP contribution in [0.1, 0.15) is 126 Å². The zero-order valence-electron chi connectivity index (χ0n) is 23.9. The van der Waals surface area contributed by atoms with Crippen LogP contribution in [0, 0.1) is 17.8 Å². The van der Waals surface area contributed by atoms with Gasteiger partial charge >= 0.3 is 0 Å². The number of ether oxygens (including phenoxy) is 1. The van der Waals surface area contributed by atoms with Crippen LogP contribution in [0.3, 0.4) is 0 Å². The largest absolute Gasteiger partial charge is 0.494 e. The van der Waals surface area contributed by atoms with Crippen LogP contribution in [0.15, 0.2) is 60.7 Å². The second-order valence-electron chi connectivity index (χ2n) is 11.4. The summed E-state index contributed by atoms with van der Waals surface area (Å²) in [4.78, 5) is 0. The van der Waals surface area contributed by atoms with Crippen LogP contribution in [0.2, 0.25) is 0 Å². The van der Waals surface area contributed by atoms with E-state index >= 15 is 0 Å². The Morgan fingerprint density at radius 2 is 1.26 bits per heavy atom. The fourth-order valence-corrected chi connectivity index (χ4v) is 5.91. The smallest absolute Gasteiger partial charge is 0.119 e. The molecule has 0 atom stereocenters. The molecule has 0 radical (unpaired) electrons. The summed E-state index contributed by atoms with van der Waals surface area (Å²) < 4.78 is 5.95. The number of hydrogen-bond donors (Lipinski definition) is 0. The van der Waals surface area contributed by atoms with Gasteiger partial charge < -0.3 is 4.74 Å². The van der Waals surface area contributed by atoms with Crippen molar-refractivity contribution >= 4 is 10.8 Å². The van der Waals surface area contributed by atoms with Crippen molar-refractivity contribution in [2.45, 2.75) is 110 Å². The van der Waals surface area contributed by atoms with Crippen LogP contribution < -0.4 is 4.74 Å². The lowest BCUT2D eigenvalue weighted by Gasteiger charge is -2.29. The van der Waals surface area contributed by atoms with Gasteiger partial charge in [0.15, 0.2) is 0 Å². The quantitative estimate of drug-likeness (QED) is 0.165. The molecule has 4 rings (SSSR count). The summed E-state index contributed by atoms with van der Waals surface area (Å²) in [5.74, 6) is 9.42. The molecule has 1 fully saturated rings. The number of unbranched alkanes of at least 4 members (excludes halogenated alkanes) is 7. The zero-order chi connectivity index (χ0) is 26.4. The molecule has 0 amide bonds. The van der Waals surface area contributed by atoms with Gasteiger partial charge in [-0.25, -0.2) is 0 Å². The molecule has 0 spiro atoms. The monoisotopic (exact) mass is 508 g/mol. The van der Waals surface area contributed by atoms with Crippen molar-refractivity contribution in [1.82, 2.24) is 0 Å².